The van der Waals surface area contributed by atoms with Crippen molar-refractivity contribution >= 4 is 12.7 Å². The van der Waals surface area contributed by atoms with Crippen molar-refractivity contribution < 1.29 is 9.09 Å². The third-order valence-electron chi connectivity index (χ3n) is 3.13. The van der Waals surface area contributed by atoms with Crippen LogP contribution < -0.4 is 5.30 Å². The Bertz CT molecular complexity index is 515. The summed E-state index contributed by atoms with van der Waals surface area (Å²) in [5.74, 6) is 1.85. The molecule has 1 aliphatic carbocycles. The SMILES string of the molecule is CCOP(=O)(/C=C1/CCC=C1C)c1ccccc1. The zero-order chi connectivity index (χ0) is 13.0. The molecule has 0 heterocycles. The first-order valence-corrected chi connectivity index (χ1v) is 8.04. The summed E-state index contributed by atoms with van der Waals surface area (Å²) in [6, 6.07) is 9.48. The summed E-state index contributed by atoms with van der Waals surface area (Å²) in [6.45, 7) is 4.41. The van der Waals surface area contributed by atoms with Crippen molar-refractivity contribution in [2.24, 2.45) is 0 Å². The fraction of sp³-hybridized carbons (Fsp3) is 0.333. The van der Waals surface area contributed by atoms with Crippen LogP contribution in [0.1, 0.15) is 26.7 Å². The van der Waals surface area contributed by atoms with Crippen LogP contribution in [0.4, 0.5) is 0 Å². The van der Waals surface area contributed by atoms with E-state index in [4.69, 9.17) is 4.52 Å². The van der Waals surface area contributed by atoms with Crippen molar-refractivity contribution in [1.29, 1.82) is 0 Å². The molecular formula is C15H19O2P. The summed E-state index contributed by atoms with van der Waals surface area (Å²) in [7, 11) is -2.86. The van der Waals surface area contributed by atoms with Gasteiger partial charge < -0.3 is 4.52 Å². The Morgan fingerprint density at radius 2 is 2.06 bits per heavy atom. The molecule has 2 rings (SSSR count). The highest BCUT2D eigenvalue weighted by atomic mass is 31.2. The number of rotatable bonds is 4. The minimum absolute atomic E-state index is 0.457. The first-order chi connectivity index (χ1) is 8.65. The molecule has 1 aromatic rings. The van der Waals surface area contributed by atoms with Crippen LogP contribution in [0.5, 0.6) is 0 Å². The molecule has 1 aliphatic rings. The van der Waals surface area contributed by atoms with Crippen molar-refractivity contribution in [3.05, 3.63) is 53.4 Å². The van der Waals surface area contributed by atoms with Gasteiger partial charge in [-0.15, -0.1) is 0 Å². The highest BCUT2D eigenvalue weighted by Gasteiger charge is 2.24. The second-order valence-corrected chi connectivity index (χ2v) is 6.66. The lowest BCUT2D eigenvalue weighted by molar-refractivity contribution is 0.347. The monoisotopic (exact) mass is 262 g/mol. The zero-order valence-electron chi connectivity index (χ0n) is 10.9. The summed E-state index contributed by atoms with van der Waals surface area (Å²) in [5, 5.41) is 0.777. The predicted molar refractivity (Wildman–Crippen MR) is 76.4 cm³/mol. The highest BCUT2D eigenvalue weighted by molar-refractivity contribution is 7.70. The predicted octanol–water partition coefficient (Wildman–Crippen LogP) is 4.25. The molecule has 18 heavy (non-hydrogen) atoms. The Balaban J connectivity index is 2.40. The van der Waals surface area contributed by atoms with Gasteiger partial charge in [0, 0.05) is 11.1 Å². The van der Waals surface area contributed by atoms with E-state index in [2.05, 4.69) is 13.0 Å². The average Bonchev–Trinajstić information content (AvgIpc) is 2.76. The Labute approximate surface area is 109 Å². The van der Waals surface area contributed by atoms with Gasteiger partial charge in [0.25, 0.3) is 7.37 Å². The van der Waals surface area contributed by atoms with Gasteiger partial charge in [-0.05, 0) is 44.4 Å². The third-order valence-corrected chi connectivity index (χ3v) is 5.44. The minimum atomic E-state index is -2.86. The van der Waals surface area contributed by atoms with Gasteiger partial charge in [-0.3, -0.25) is 4.57 Å². The van der Waals surface area contributed by atoms with E-state index in [1.54, 1.807) is 0 Å². The van der Waals surface area contributed by atoms with Crippen LogP contribution in [0.25, 0.3) is 0 Å². The molecule has 0 bridgehead atoms. The van der Waals surface area contributed by atoms with Gasteiger partial charge in [0.05, 0.1) is 6.61 Å². The van der Waals surface area contributed by atoms with Crippen LogP contribution in [-0.4, -0.2) is 6.61 Å². The maximum absolute atomic E-state index is 13.0. The molecule has 3 heteroatoms. The third kappa shape index (κ3) is 2.82. The van der Waals surface area contributed by atoms with Crippen LogP contribution in [0.15, 0.2) is 53.4 Å². The first-order valence-electron chi connectivity index (χ1n) is 6.34. The second-order valence-electron chi connectivity index (χ2n) is 4.43. The number of hydrogen-bond donors (Lipinski definition) is 0. The highest BCUT2D eigenvalue weighted by Crippen LogP contribution is 2.50. The van der Waals surface area contributed by atoms with Gasteiger partial charge >= 0.3 is 0 Å². The van der Waals surface area contributed by atoms with E-state index < -0.39 is 7.37 Å². The molecule has 96 valence electrons. The van der Waals surface area contributed by atoms with Crippen LogP contribution >= 0.6 is 7.37 Å². The molecule has 0 amide bonds. The largest absolute Gasteiger partial charge is 0.323 e. The number of hydrogen-bond acceptors (Lipinski definition) is 2. The van der Waals surface area contributed by atoms with E-state index in [0.717, 1.165) is 23.7 Å². The van der Waals surface area contributed by atoms with E-state index in [1.807, 2.05) is 43.1 Å². The maximum Gasteiger partial charge on any atom is 0.254 e. The van der Waals surface area contributed by atoms with Crippen molar-refractivity contribution in [2.75, 3.05) is 6.61 Å². The molecule has 0 aliphatic heterocycles. The van der Waals surface area contributed by atoms with E-state index in [9.17, 15) is 4.57 Å². The molecule has 0 saturated heterocycles. The fourth-order valence-corrected chi connectivity index (χ4v) is 4.24. The fourth-order valence-electron chi connectivity index (χ4n) is 2.16. The molecule has 0 saturated carbocycles. The Morgan fingerprint density at radius 1 is 1.33 bits per heavy atom. The van der Waals surface area contributed by atoms with Crippen molar-refractivity contribution in [3.63, 3.8) is 0 Å². The van der Waals surface area contributed by atoms with Gasteiger partial charge in [0.2, 0.25) is 0 Å². The smallest absolute Gasteiger partial charge is 0.254 e. The molecule has 0 aromatic heterocycles. The summed E-state index contributed by atoms with van der Waals surface area (Å²) in [6.07, 6.45) is 4.20. The molecule has 0 spiro atoms. The Hall–Kier alpha value is -1.11. The lowest BCUT2D eigenvalue weighted by atomic mass is 10.2. The maximum atomic E-state index is 13.0. The molecule has 0 radical (unpaired) electrons. The molecule has 1 aromatic carbocycles. The Kier molecular flexibility index (Phi) is 4.21. The molecule has 0 fully saturated rings. The van der Waals surface area contributed by atoms with Gasteiger partial charge in [-0.2, -0.15) is 0 Å². The van der Waals surface area contributed by atoms with Gasteiger partial charge in [-0.1, -0.05) is 29.8 Å². The molecule has 0 N–H and O–H groups in total. The summed E-state index contributed by atoms with van der Waals surface area (Å²) < 4.78 is 18.6. The summed E-state index contributed by atoms with van der Waals surface area (Å²) >= 11 is 0. The van der Waals surface area contributed by atoms with E-state index in [1.165, 1.54) is 5.57 Å². The molecule has 1 unspecified atom stereocenters. The van der Waals surface area contributed by atoms with Crippen molar-refractivity contribution in [3.8, 4) is 0 Å². The molecular weight excluding hydrogens is 243 g/mol. The topological polar surface area (TPSA) is 26.3 Å². The van der Waals surface area contributed by atoms with Crippen LogP contribution in [0.2, 0.25) is 0 Å². The van der Waals surface area contributed by atoms with E-state index in [0.29, 0.717) is 6.61 Å². The van der Waals surface area contributed by atoms with Gasteiger partial charge in [0.1, 0.15) is 0 Å². The van der Waals surface area contributed by atoms with Gasteiger partial charge in [-0.25, -0.2) is 0 Å². The average molecular weight is 262 g/mol. The lowest BCUT2D eigenvalue weighted by Gasteiger charge is -2.15. The van der Waals surface area contributed by atoms with Crippen molar-refractivity contribution in [2.45, 2.75) is 26.7 Å². The van der Waals surface area contributed by atoms with E-state index in [-0.39, 0.29) is 0 Å². The summed E-state index contributed by atoms with van der Waals surface area (Å²) in [4.78, 5) is 0. The summed E-state index contributed by atoms with van der Waals surface area (Å²) in [5.41, 5.74) is 2.39. The quantitative estimate of drug-likeness (QED) is 0.758. The van der Waals surface area contributed by atoms with Gasteiger partial charge in [0.15, 0.2) is 0 Å². The molecule has 2 nitrogen and oxygen atoms in total. The normalized spacial score (nSPS) is 20.8. The minimum Gasteiger partial charge on any atom is -0.323 e. The number of allylic oxidation sites excluding steroid dienone is 3. The van der Waals surface area contributed by atoms with E-state index >= 15 is 0 Å². The van der Waals surface area contributed by atoms with Crippen LogP contribution in [-0.2, 0) is 9.09 Å². The standard InChI is InChI=1S/C15H19O2P/c1-3-17-18(16,15-10-5-4-6-11-15)12-14-9-7-8-13(14)2/h4-6,8,10-12H,3,7,9H2,1-2H3/b14-12-. The Morgan fingerprint density at radius 3 is 2.61 bits per heavy atom. The lowest BCUT2D eigenvalue weighted by Crippen LogP contribution is -2.05. The van der Waals surface area contributed by atoms with Crippen LogP contribution in [0, 0.1) is 0 Å². The van der Waals surface area contributed by atoms with Crippen LogP contribution in [0.3, 0.4) is 0 Å². The first kappa shape index (κ1) is 13.3. The zero-order valence-corrected chi connectivity index (χ0v) is 11.8. The second kappa shape index (κ2) is 5.69. The molecule has 1 atom stereocenters. The van der Waals surface area contributed by atoms with Crippen molar-refractivity contribution in [1.82, 2.24) is 0 Å². The number of benzene rings is 1.